The third-order valence-electron chi connectivity index (χ3n) is 7.71. The lowest BCUT2D eigenvalue weighted by molar-refractivity contribution is 0.0889. The van der Waals surface area contributed by atoms with Gasteiger partial charge in [-0.2, -0.15) is 0 Å². The number of fused-ring (bicyclic) bond motifs is 1. The van der Waals surface area contributed by atoms with Gasteiger partial charge in [0.1, 0.15) is 17.2 Å². The molecule has 0 saturated heterocycles. The summed E-state index contributed by atoms with van der Waals surface area (Å²) in [4.78, 5) is 26.1. The minimum absolute atomic E-state index is 0.209. The van der Waals surface area contributed by atoms with Gasteiger partial charge in [0.25, 0.3) is 11.8 Å². The van der Waals surface area contributed by atoms with Crippen molar-refractivity contribution in [1.82, 2.24) is 5.32 Å². The van der Waals surface area contributed by atoms with Crippen LogP contribution in [0.4, 0.5) is 4.39 Å². The number of benzene rings is 4. The molecule has 0 spiro atoms. The molecule has 0 radical (unpaired) electrons. The number of amides is 2. The molecule has 41 heavy (non-hydrogen) atoms. The fourth-order valence-corrected chi connectivity index (χ4v) is 5.57. The molecule has 0 aliphatic heterocycles. The smallest absolute Gasteiger partial charge is 0.252 e. The van der Waals surface area contributed by atoms with E-state index >= 15 is 0 Å². The molecule has 0 unspecified atom stereocenters. The lowest BCUT2D eigenvalue weighted by Crippen LogP contribution is -2.45. The highest BCUT2D eigenvalue weighted by molar-refractivity contribution is 6.33. The maximum Gasteiger partial charge on any atom is 0.252 e. The summed E-state index contributed by atoms with van der Waals surface area (Å²) in [7, 11) is 0. The quantitative estimate of drug-likeness (QED) is 0.189. The van der Waals surface area contributed by atoms with Gasteiger partial charge >= 0.3 is 0 Å². The molecule has 208 valence electrons. The predicted octanol–water partition coefficient (Wildman–Crippen LogP) is 8.03. The first-order chi connectivity index (χ1) is 19.7. The predicted molar refractivity (Wildman–Crippen MR) is 161 cm³/mol. The van der Waals surface area contributed by atoms with Gasteiger partial charge in [0.2, 0.25) is 0 Å². The van der Waals surface area contributed by atoms with Crippen LogP contribution in [-0.4, -0.2) is 11.8 Å². The molecule has 0 fully saturated rings. The molecule has 0 aliphatic carbocycles. The molecule has 0 atom stereocenters. The highest BCUT2D eigenvalue weighted by atomic mass is 35.5. The molecular weight excluding hydrogens is 539 g/mol. The number of hydrogen-bond donors (Lipinski definition) is 2. The minimum Gasteiger partial charge on any atom is -0.460 e. The van der Waals surface area contributed by atoms with E-state index in [-0.39, 0.29) is 23.7 Å². The largest absolute Gasteiger partial charge is 0.460 e. The normalized spacial score (nSPS) is 11.5. The van der Waals surface area contributed by atoms with Crippen LogP contribution in [0.3, 0.4) is 0 Å². The lowest BCUT2D eigenvalue weighted by atomic mass is 9.84. The maximum absolute atomic E-state index is 13.5. The highest BCUT2D eigenvalue weighted by Gasteiger charge is 2.30. The van der Waals surface area contributed by atoms with Crippen LogP contribution in [0.2, 0.25) is 5.02 Å². The van der Waals surface area contributed by atoms with E-state index in [0.29, 0.717) is 38.4 Å². The van der Waals surface area contributed by atoms with Gasteiger partial charge in [0, 0.05) is 28.0 Å². The maximum atomic E-state index is 13.5. The van der Waals surface area contributed by atoms with Gasteiger partial charge in [-0.05, 0) is 72.0 Å². The third kappa shape index (κ3) is 5.61. The fourth-order valence-electron chi connectivity index (χ4n) is 5.34. The molecule has 3 N–H and O–H groups in total. The summed E-state index contributed by atoms with van der Waals surface area (Å²) in [6, 6.07) is 26.5. The number of nitrogens with one attached hydrogen (secondary N) is 1. The zero-order valence-corrected chi connectivity index (χ0v) is 23.6. The Bertz CT molecular complexity index is 1730. The molecule has 0 bridgehead atoms. The van der Waals surface area contributed by atoms with Crippen molar-refractivity contribution in [2.45, 2.75) is 38.6 Å². The van der Waals surface area contributed by atoms with Gasteiger partial charge in [-0.25, -0.2) is 4.39 Å². The summed E-state index contributed by atoms with van der Waals surface area (Å²) >= 11 is 6.62. The van der Waals surface area contributed by atoms with Crippen molar-refractivity contribution in [2.24, 2.45) is 5.73 Å². The number of carbonyl (C=O) groups is 2. The summed E-state index contributed by atoms with van der Waals surface area (Å²) in [5.41, 5.74) is 9.65. The molecule has 2 amide bonds. The van der Waals surface area contributed by atoms with Gasteiger partial charge in [-0.15, -0.1) is 0 Å². The Kier molecular flexibility index (Phi) is 7.95. The van der Waals surface area contributed by atoms with E-state index in [4.69, 9.17) is 21.8 Å². The number of furan rings is 1. The molecule has 5 rings (SSSR count). The molecule has 7 heteroatoms. The van der Waals surface area contributed by atoms with Crippen molar-refractivity contribution >= 4 is 34.4 Å². The molecular formula is C34H30ClFN2O3. The van der Waals surface area contributed by atoms with Crippen LogP contribution in [0, 0.1) is 5.82 Å². The average molecular weight is 569 g/mol. The average Bonchev–Trinajstić information content (AvgIpc) is 3.35. The van der Waals surface area contributed by atoms with E-state index in [1.807, 2.05) is 36.4 Å². The first-order valence-electron chi connectivity index (χ1n) is 13.5. The Labute approximate surface area is 243 Å². The fraction of sp³-hybridized carbons (Fsp3) is 0.176. The van der Waals surface area contributed by atoms with E-state index in [2.05, 4.69) is 19.2 Å². The molecule has 1 heterocycles. The highest BCUT2D eigenvalue weighted by Crippen LogP contribution is 2.35. The van der Waals surface area contributed by atoms with Crippen LogP contribution >= 0.6 is 11.6 Å². The van der Waals surface area contributed by atoms with Gasteiger partial charge in [-0.1, -0.05) is 74.0 Å². The first-order valence-corrected chi connectivity index (χ1v) is 13.9. The zero-order valence-electron chi connectivity index (χ0n) is 22.8. The van der Waals surface area contributed by atoms with Gasteiger partial charge in [0.15, 0.2) is 0 Å². The molecule has 5 aromatic rings. The summed E-state index contributed by atoms with van der Waals surface area (Å²) in [5.74, 6) is -0.791. The summed E-state index contributed by atoms with van der Waals surface area (Å²) in [6.45, 7) is 4.12. The molecule has 0 saturated carbocycles. The molecule has 1 aromatic heterocycles. The van der Waals surface area contributed by atoms with E-state index < -0.39 is 11.4 Å². The topological polar surface area (TPSA) is 85.3 Å². The molecule has 4 aromatic carbocycles. The number of nitrogens with two attached hydrogens (primary N) is 1. The van der Waals surface area contributed by atoms with Crippen molar-refractivity contribution < 1.29 is 18.4 Å². The SMILES string of the molecule is CCC(CC)(NC(=O)c1ccc(Cl)c(-c2ccc3oc(Cc4ccc(F)cc4)c(C(N)=O)c3c2)c1)c1ccccc1. The monoisotopic (exact) mass is 568 g/mol. The van der Waals surface area contributed by atoms with Crippen molar-refractivity contribution in [2.75, 3.05) is 0 Å². The summed E-state index contributed by atoms with van der Waals surface area (Å²) in [6.07, 6.45) is 1.73. The van der Waals surface area contributed by atoms with Crippen LogP contribution in [0.5, 0.6) is 0 Å². The van der Waals surface area contributed by atoms with Crippen LogP contribution in [0.1, 0.15) is 64.3 Å². The Morgan fingerprint density at radius 2 is 1.63 bits per heavy atom. The Balaban J connectivity index is 1.51. The third-order valence-corrected chi connectivity index (χ3v) is 8.04. The van der Waals surface area contributed by atoms with Crippen molar-refractivity contribution in [3.05, 3.63) is 130 Å². The van der Waals surface area contributed by atoms with E-state index in [1.165, 1.54) is 12.1 Å². The lowest BCUT2D eigenvalue weighted by Gasteiger charge is -2.33. The summed E-state index contributed by atoms with van der Waals surface area (Å²) in [5, 5.41) is 4.26. The molecule has 0 aliphatic rings. The Hall–Kier alpha value is -4.42. The van der Waals surface area contributed by atoms with Crippen LogP contribution in [0.25, 0.3) is 22.1 Å². The molecule has 5 nitrogen and oxygen atoms in total. The number of rotatable bonds is 9. The van der Waals surface area contributed by atoms with Crippen molar-refractivity contribution in [1.29, 1.82) is 0 Å². The number of primary amides is 1. The number of carbonyl (C=O) groups excluding carboxylic acids is 2. The second-order valence-electron chi connectivity index (χ2n) is 10.1. The summed E-state index contributed by atoms with van der Waals surface area (Å²) < 4.78 is 19.4. The van der Waals surface area contributed by atoms with Crippen molar-refractivity contribution in [3.63, 3.8) is 0 Å². The van der Waals surface area contributed by atoms with Gasteiger partial charge in [-0.3, -0.25) is 9.59 Å². The van der Waals surface area contributed by atoms with Crippen molar-refractivity contribution in [3.8, 4) is 11.1 Å². The zero-order chi connectivity index (χ0) is 29.1. The number of halogens is 2. The Morgan fingerprint density at radius 3 is 2.29 bits per heavy atom. The van der Waals surface area contributed by atoms with E-state index in [1.54, 1.807) is 42.5 Å². The first kappa shape index (κ1) is 28.1. The van der Waals surface area contributed by atoms with Crippen LogP contribution < -0.4 is 11.1 Å². The van der Waals surface area contributed by atoms with E-state index in [9.17, 15) is 14.0 Å². The standard InChI is InChI=1S/C34H30ClFN2O3/c1-3-34(4-2,24-8-6-5-7-9-24)38-33(40)23-12-16-28(35)26(20-23)22-13-17-29-27(19-22)31(32(37)39)30(41-29)18-21-10-14-25(36)15-11-21/h5-17,19-20H,3-4,18H2,1-2H3,(H2,37,39)(H,38,40). The second-order valence-corrected chi connectivity index (χ2v) is 10.5. The van der Waals surface area contributed by atoms with Crippen LogP contribution in [-0.2, 0) is 12.0 Å². The van der Waals surface area contributed by atoms with Gasteiger partial charge < -0.3 is 15.5 Å². The Morgan fingerprint density at radius 1 is 0.927 bits per heavy atom. The number of hydrogen-bond acceptors (Lipinski definition) is 3. The van der Waals surface area contributed by atoms with Gasteiger partial charge in [0.05, 0.1) is 11.1 Å². The second kappa shape index (κ2) is 11.6. The van der Waals surface area contributed by atoms with Crippen LogP contribution in [0.15, 0.2) is 95.4 Å². The van der Waals surface area contributed by atoms with E-state index in [0.717, 1.165) is 24.0 Å². The minimum atomic E-state index is -0.631.